The zero-order chi connectivity index (χ0) is 19.6. The van der Waals surface area contributed by atoms with Crippen molar-refractivity contribution in [3.05, 3.63) is 30.3 Å². The smallest absolute Gasteiger partial charge is 0.407 e. The summed E-state index contributed by atoms with van der Waals surface area (Å²) in [5, 5.41) is 19.1. The number of carboxylic acid groups (broad SMARTS) is 1. The van der Waals surface area contributed by atoms with Crippen molar-refractivity contribution in [3.63, 3.8) is 0 Å². The lowest BCUT2D eigenvalue weighted by Gasteiger charge is -2.40. The lowest BCUT2D eigenvalue weighted by Crippen LogP contribution is -2.56. The Morgan fingerprint density at radius 3 is 2.44 bits per heavy atom. The van der Waals surface area contributed by atoms with Crippen LogP contribution >= 0.6 is 0 Å². The Bertz CT molecular complexity index is 758. The fourth-order valence-corrected chi connectivity index (χ4v) is 5.82. The van der Waals surface area contributed by atoms with Crippen LogP contribution in [0.1, 0.15) is 25.7 Å². The van der Waals surface area contributed by atoms with Crippen LogP contribution in [0.2, 0.25) is 0 Å². The van der Waals surface area contributed by atoms with Crippen LogP contribution in [-0.2, 0) is 10.0 Å². The molecular weight excluding hydrogens is 370 g/mol. The van der Waals surface area contributed by atoms with Crippen LogP contribution in [0.25, 0.3) is 0 Å². The summed E-state index contributed by atoms with van der Waals surface area (Å²) in [4.78, 5) is 12.9. The number of nitrogens with zero attached hydrogens (tertiary/aromatic N) is 2. The number of rotatable bonds is 5. The fraction of sp³-hybridized carbons (Fsp3) is 0.611. The number of amides is 1. The van der Waals surface area contributed by atoms with Crippen molar-refractivity contribution >= 4 is 16.1 Å². The average Bonchev–Trinajstić information content (AvgIpc) is 2.97. The molecule has 3 rings (SSSR count). The van der Waals surface area contributed by atoms with Crippen LogP contribution in [0.4, 0.5) is 4.79 Å². The van der Waals surface area contributed by atoms with Gasteiger partial charge in [0.05, 0.1) is 11.0 Å². The van der Waals surface area contributed by atoms with Gasteiger partial charge >= 0.3 is 6.09 Å². The third kappa shape index (κ3) is 4.43. The highest BCUT2D eigenvalue weighted by Gasteiger charge is 2.38. The molecule has 1 aromatic carbocycles. The number of hydrogen-bond acceptors (Lipinski definition) is 5. The molecule has 4 N–H and O–H groups in total. The van der Waals surface area contributed by atoms with Gasteiger partial charge in [-0.05, 0) is 43.7 Å². The molecule has 0 spiro atoms. The SMILES string of the molecule is NC1CC(O)CC1CCC1CN(C(=O)O)CCN1S(=O)(=O)c1ccccc1. The van der Waals surface area contributed by atoms with E-state index < -0.39 is 28.3 Å². The normalized spacial score (nSPS) is 29.8. The molecule has 1 saturated carbocycles. The number of piperazine rings is 1. The van der Waals surface area contributed by atoms with Crippen molar-refractivity contribution in [2.75, 3.05) is 19.6 Å². The Balaban J connectivity index is 1.77. The standard InChI is InChI=1S/C18H27N3O5S/c19-17-11-15(22)10-13(17)6-7-14-12-20(18(23)24)8-9-21(14)27(25,26)16-4-2-1-3-5-16/h1-5,13-15,17,22H,6-12,19H2,(H,23,24). The monoisotopic (exact) mass is 397 g/mol. The van der Waals surface area contributed by atoms with Gasteiger partial charge in [0.2, 0.25) is 10.0 Å². The fourth-order valence-electron chi connectivity index (χ4n) is 4.16. The quantitative estimate of drug-likeness (QED) is 0.679. The molecular formula is C18H27N3O5S. The first kappa shape index (κ1) is 20.1. The van der Waals surface area contributed by atoms with Gasteiger partial charge in [-0.25, -0.2) is 13.2 Å². The molecule has 2 aliphatic rings. The Kier molecular flexibility index (Phi) is 6.05. The van der Waals surface area contributed by atoms with Crippen LogP contribution in [-0.4, -0.2) is 71.8 Å². The maximum atomic E-state index is 13.1. The van der Waals surface area contributed by atoms with Gasteiger partial charge in [-0.3, -0.25) is 0 Å². The Morgan fingerprint density at radius 2 is 1.85 bits per heavy atom. The van der Waals surface area contributed by atoms with Crippen LogP contribution in [0.15, 0.2) is 35.2 Å². The van der Waals surface area contributed by atoms with Gasteiger partial charge < -0.3 is 20.8 Å². The Labute approximate surface area is 159 Å². The molecule has 4 atom stereocenters. The molecule has 1 aliphatic carbocycles. The number of benzene rings is 1. The van der Waals surface area contributed by atoms with Gasteiger partial charge in [0.25, 0.3) is 0 Å². The zero-order valence-electron chi connectivity index (χ0n) is 15.1. The Morgan fingerprint density at radius 1 is 1.15 bits per heavy atom. The summed E-state index contributed by atoms with van der Waals surface area (Å²) < 4.78 is 27.6. The molecule has 27 heavy (non-hydrogen) atoms. The summed E-state index contributed by atoms with van der Waals surface area (Å²) in [5.74, 6) is 0.126. The van der Waals surface area contributed by atoms with Crippen molar-refractivity contribution in [2.24, 2.45) is 11.7 Å². The average molecular weight is 397 g/mol. The minimum atomic E-state index is -3.70. The lowest BCUT2D eigenvalue weighted by molar-refractivity contribution is 0.0997. The third-order valence-electron chi connectivity index (χ3n) is 5.64. The van der Waals surface area contributed by atoms with Gasteiger partial charge in [-0.1, -0.05) is 18.2 Å². The molecule has 150 valence electrons. The molecule has 4 unspecified atom stereocenters. The molecule has 1 aliphatic heterocycles. The molecule has 2 fully saturated rings. The van der Waals surface area contributed by atoms with Crippen molar-refractivity contribution in [1.29, 1.82) is 0 Å². The van der Waals surface area contributed by atoms with E-state index in [2.05, 4.69) is 0 Å². The maximum Gasteiger partial charge on any atom is 0.407 e. The largest absolute Gasteiger partial charge is 0.465 e. The molecule has 8 nitrogen and oxygen atoms in total. The number of hydrogen-bond donors (Lipinski definition) is 3. The minimum Gasteiger partial charge on any atom is -0.465 e. The highest BCUT2D eigenvalue weighted by atomic mass is 32.2. The molecule has 0 bridgehead atoms. The minimum absolute atomic E-state index is 0.0988. The van der Waals surface area contributed by atoms with Gasteiger partial charge in [0.1, 0.15) is 0 Å². The van der Waals surface area contributed by atoms with E-state index in [0.29, 0.717) is 25.7 Å². The van der Waals surface area contributed by atoms with E-state index in [4.69, 9.17) is 5.73 Å². The zero-order valence-corrected chi connectivity index (χ0v) is 16.0. The first-order valence-corrected chi connectivity index (χ1v) is 10.7. The van der Waals surface area contributed by atoms with Gasteiger partial charge in [-0.2, -0.15) is 4.31 Å². The first-order valence-electron chi connectivity index (χ1n) is 9.27. The molecule has 0 aromatic heterocycles. The first-order chi connectivity index (χ1) is 12.8. The lowest BCUT2D eigenvalue weighted by atomic mass is 9.95. The summed E-state index contributed by atoms with van der Waals surface area (Å²) >= 11 is 0. The van der Waals surface area contributed by atoms with Crippen molar-refractivity contribution < 1.29 is 23.4 Å². The summed E-state index contributed by atoms with van der Waals surface area (Å²) in [7, 11) is -3.70. The molecule has 1 aromatic rings. The third-order valence-corrected chi connectivity index (χ3v) is 7.61. The highest BCUT2D eigenvalue weighted by Crippen LogP contribution is 2.31. The number of aliphatic hydroxyl groups excluding tert-OH is 1. The highest BCUT2D eigenvalue weighted by molar-refractivity contribution is 7.89. The summed E-state index contributed by atoms with van der Waals surface area (Å²) in [5.41, 5.74) is 6.08. The van der Waals surface area contributed by atoms with Crippen LogP contribution in [0.3, 0.4) is 0 Å². The van der Waals surface area contributed by atoms with E-state index in [1.54, 1.807) is 30.3 Å². The predicted molar refractivity (Wildman–Crippen MR) is 99.7 cm³/mol. The number of aliphatic hydroxyl groups is 1. The van der Waals surface area contributed by atoms with Crippen molar-refractivity contribution in [2.45, 2.75) is 48.8 Å². The van der Waals surface area contributed by atoms with Gasteiger partial charge in [0.15, 0.2) is 0 Å². The van der Waals surface area contributed by atoms with E-state index >= 15 is 0 Å². The van der Waals surface area contributed by atoms with Gasteiger partial charge in [0, 0.05) is 31.7 Å². The van der Waals surface area contributed by atoms with E-state index in [9.17, 15) is 23.4 Å². The summed E-state index contributed by atoms with van der Waals surface area (Å²) in [6, 6.07) is 7.68. The van der Waals surface area contributed by atoms with Crippen LogP contribution in [0.5, 0.6) is 0 Å². The Hall–Kier alpha value is -1.68. The van der Waals surface area contributed by atoms with Crippen molar-refractivity contribution in [3.8, 4) is 0 Å². The molecule has 1 saturated heterocycles. The predicted octanol–water partition coefficient (Wildman–Crippen LogP) is 0.918. The topological polar surface area (TPSA) is 124 Å². The summed E-state index contributed by atoms with van der Waals surface area (Å²) in [6.45, 7) is 0.430. The molecule has 1 heterocycles. The number of sulfonamides is 1. The second kappa shape index (κ2) is 8.14. The van der Waals surface area contributed by atoms with Gasteiger partial charge in [-0.15, -0.1) is 0 Å². The molecule has 9 heteroatoms. The van der Waals surface area contributed by atoms with Crippen LogP contribution < -0.4 is 5.73 Å². The summed E-state index contributed by atoms with van der Waals surface area (Å²) in [6.07, 6.45) is 0.906. The number of carbonyl (C=O) groups is 1. The second-order valence-electron chi connectivity index (χ2n) is 7.44. The van der Waals surface area contributed by atoms with E-state index in [-0.39, 0.29) is 36.5 Å². The van der Waals surface area contributed by atoms with E-state index in [0.717, 1.165) is 0 Å². The molecule has 0 radical (unpaired) electrons. The maximum absolute atomic E-state index is 13.1. The second-order valence-corrected chi connectivity index (χ2v) is 9.33. The van der Waals surface area contributed by atoms with Crippen molar-refractivity contribution in [1.82, 2.24) is 9.21 Å². The number of nitrogens with two attached hydrogens (primary N) is 1. The van der Waals surface area contributed by atoms with E-state index in [1.807, 2.05) is 0 Å². The van der Waals surface area contributed by atoms with Crippen LogP contribution in [0, 0.1) is 5.92 Å². The molecule has 1 amide bonds. The van der Waals surface area contributed by atoms with E-state index in [1.165, 1.54) is 9.21 Å².